The van der Waals surface area contributed by atoms with Crippen LogP contribution >= 0.6 is 0 Å². The van der Waals surface area contributed by atoms with Crippen LogP contribution in [0, 0.1) is 10.8 Å². The summed E-state index contributed by atoms with van der Waals surface area (Å²) in [6.07, 6.45) is -4.21. The predicted octanol–water partition coefficient (Wildman–Crippen LogP) is 5.68. The Balaban J connectivity index is 0.000000587. The van der Waals surface area contributed by atoms with Gasteiger partial charge in [0.15, 0.2) is 0 Å². The van der Waals surface area contributed by atoms with E-state index in [0.29, 0.717) is 17.8 Å². The Morgan fingerprint density at radius 3 is 1.92 bits per heavy atom. The maximum absolute atomic E-state index is 13.1. The highest BCUT2D eigenvalue weighted by atomic mass is 32.2. The molecule has 1 heterocycles. The minimum Gasteiger partial charge on any atom is -0.490 e. The molecular formula is C34H37F6N5O7S. The van der Waals surface area contributed by atoms with Crippen molar-refractivity contribution in [1.29, 1.82) is 10.8 Å². The average Bonchev–Trinajstić information content (AvgIpc) is 3.08. The number of nitrogens with zero attached hydrogens (tertiary/aromatic N) is 1. The number of carbonyl (C=O) groups is 2. The number of nitrogen functional groups attached to an aromatic ring is 1. The molecule has 1 aliphatic rings. The number of sulfonamides is 1. The Morgan fingerprint density at radius 2 is 1.45 bits per heavy atom. The van der Waals surface area contributed by atoms with Crippen LogP contribution in [-0.4, -0.2) is 84.7 Å². The third kappa shape index (κ3) is 15.8. The van der Waals surface area contributed by atoms with E-state index in [1.54, 1.807) is 42.5 Å². The first kappa shape index (κ1) is 43.7. The molecule has 1 atom stereocenters. The fraction of sp³-hybridized carbons (Fsp3) is 0.294. The van der Waals surface area contributed by atoms with Gasteiger partial charge in [0.1, 0.15) is 17.7 Å². The van der Waals surface area contributed by atoms with Crippen LogP contribution in [0.1, 0.15) is 36.5 Å². The molecule has 0 unspecified atom stereocenters. The van der Waals surface area contributed by atoms with Gasteiger partial charge in [0.25, 0.3) is 0 Å². The molecular weight excluding hydrogens is 736 g/mol. The van der Waals surface area contributed by atoms with Crippen molar-refractivity contribution >= 4 is 39.7 Å². The van der Waals surface area contributed by atoms with Gasteiger partial charge in [-0.15, -0.1) is 0 Å². The average molecular weight is 774 g/mol. The number of aliphatic carboxylic acids is 2. The highest BCUT2D eigenvalue weighted by Crippen LogP contribution is 2.21. The van der Waals surface area contributed by atoms with Crippen molar-refractivity contribution in [1.82, 2.24) is 9.62 Å². The number of nitrogens with two attached hydrogens (primary N) is 1. The van der Waals surface area contributed by atoms with Gasteiger partial charge in [-0.05, 0) is 54.8 Å². The summed E-state index contributed by atoms with van der Waals surface area (Å²) in [7, 11) is -3.74. The van der Waals surface area contributed by atoms with Crippen molar-refractivity contribution in [2.45, 2.75) is 55.6 Å². The molecule has 7 N–H and O–H groups in total. The number of carboxylic acid groups (broad SMARTS) is 2. The highest BCUT2D eigenvalue weighted by Gasteiger charge is 2.39. The van der Waals surface area contributed by atoms with Gasteiger partial charge in [-0.25, -0.2) is 22.7 Å². The van der Waals surface area contributed by atoms with Crippen molar-refractivity contribution in [3.8, 4) is 5.75 Å². The second-order valence-electron chi connectivity index (χ2n) is 11.3. The first-order valence-corrected chi connectivity index (χ1v) is 16.9. The molecule has 53 heavy (non-hydrogen) atoms. The van der Waals surface area contributed by atoms with Crippen LogP contribution in [0.5, 0.6) is 5.75 Å². The Bertz CT molecular complexity index is 1810. The fourth-order valence-electron chi connectivity index (χ4n) is 4.51. The molecule has 0 radical (unpaired) electrons. The number of carboxylic acids is 2. The lowest BCUT2D eigenvalue weighted by molar-refractivity contribution is -0.193. The molecule has 1 aliphatic heterocycles. The summed E-state index contributed by atoms with van der Waals surface area (Å²) in [4.78, 5) is 20.1. The van der Waals surface area contributed by atoms with Crippen LogP contribution < -0.4 is 15.2 Å². The number of ether oxygens (including phenoxy) is 1. The number of alkyl halides is 6. The molecule has 0 amide bonds. The summed E-state index contributed by atoms with van der Waals surface area (Å²) < 4.78 is 98.7. The summed E-state index contributed by atoms with van der Waals surface area (Å²) in [5.74, 6) is -4.16. The third-order valence-electron chi connectivity index (χ3n) is 7.16. The molecule has 1 fully saturated rings. The first-order chi connectivity index (χ1) is 24.6. The molecule has 288 valence electrons. The Morgan fingerprint density at radius 1 is 0.925 bits per heavy atom. The molecule has 0 aromatic heterocycles. The van der Waals surface area contributed by atoms with Gasteiger partial charge in [-0.1, -0.05) is 60.7 Å². The monoisotopic (exact) mass is 773 g/mol. The maximum Gasteiger partial charge on any atom is 0.490 e. The van der Waals surface area contributed by atoms with Crippen LogP contribution in [-0.2, 0) is 26.0 Å². The van der Waals surface area contributed by atoms with E-state index in [0.717, 1.165) is 42.8 Å². The minimum atomic E-state index is -5.08. The van der Waals surface area contributed by atoms with Crippen LogP contribution in [0.2, 0.25) is 0 Å². The van der Waals surface area contributed by atoms with Crippen molar-refractivity contribution in [2.24, 2.45) is 5.73 Å². The van der Waals surface area contributed by atoms with Gasteiger partial charge in [0.2, 0.25) is 10.0 Å². The van der Waals surface area contributed by atoms with Gasteiger partial charge >= 0.3 is 24.3 Å². The number of likely N-dealkylation sites (tertiary alicyclic amines) is 1. The molecule has 4 rings (SSSR count). The molecule has 3 aromatic rings. The number of piperidine rings is 1. The zero-order valence-electron chi connectivity index (χ0n) is 28.0. The number of amidine groups is 2. The smallest absolute Gasteiger partial charge is 0.490 e. The van der Waals surface area contributed by atoms with Crippen molar-refractivity contribution in [3.05, 3.63) is 102 Å². The molecule has 0 aliphatic carbocycles. The lowest BCUT2D eigenvalue weighted by atomic mass is 10.0. The summed E-state index contributed by atoms with van der Waals surface area (Å²) in [5, 5.41) is 29.7. The molecule has 0 spiro atoms. The summed E-state index contributed by atoms with van der Waals surface area (Å²) in [6.45, 7) is 3.46. The molecule has 19 heteroatoms. The maximum atomic E-state index is 13.1. The van der Waals surface area contributed by atoms with Crippen LogP contribution in [0.3, 0.4) is 0 Å². The quantitative estimate of drug-likeness (QED) is 0.0850. The van der Waals surface area contributed by atoms with E-state index in [2.05, 4.69) is 9.62 Å². The number of rotatable bonds is 10. The SMILES string of the molecule is CC(=N)N1CCC(Oc2ccc(C[C@@H](/C=C\c3cccc(C(=N)N)c3)NS(=O)(=O)c3ccccc3)cc2)CC1.O=C(O)C(F)(F)F.O=C(O)C(F)(F)F. The fourth-order valence-corrected chi connectivity index (χ4v) is 5.72. The third-order valence-corrected chi connectivity index (χ3v) is 8.67. The standard InChI is InChI=1S/C30H35N5O3S.2C2HF3O2/c1-22(31)35-18-16-28(17-19-35)38-27-14-11-24(12-15-27)21-26(34-39(36,37)29-8-3-2-4-9-29)13-10-23-6-5-7-25(20-23)30(32)33;2*3-2(4,5)1(6)7/h2-15,20,26,28,31,34H,16-19,21H2,1H3,(H3,32,33);2*(H,6,7)/b13-10-,31-22?;;/t26-;;/m1../s1. The zero-order chi connectivity index (χ0) is 40.0. The number of hydrogen-bond acceptors (Lipinski definition) is 7. The van der Waals surface area contributed by atoms with Gasteiger partial charge in [0.05, 0.1) is 10.7 Å². The lowest BCUT2D eigenvalue weighted by Gasteiger charge is -2.32. The molecule has 3 aromatic carbocycles. The number of benzene rings is 3. The predicted molar refractivity (Wildman–Crippen MR) is 183 cm³/mol. The van der Waals surface area contributed by atoms with E-state index in [-0.39, 0.29) is 16.8 Å². The Labute approximate surface area is 301 Å². The van der Waals surface area contributed by atoms with Gasteiger partial charge in [-0.3, -0.25) is 10.8 Å². The van der Waals surface area contributed by atoms with E-state index < -0.39 is 40.4 Å². The second kappa shape index (κ2) is 19.4. The van der Waals surface area contributed by atoms with E-state index in [1.165, 1.54) is 0 Å². The Hall–Kier alpha value is -5.43. The normalized spacial score (nSPS) is 14.2. The number of nitrogens with one attached hydrogen (secondary N) is 3. The minimum absolute atomic E-state index is 0.0238. The van der Waals surface area contributed by atoms with E-state index in [4.69, 9.17) is 41.1 Å². The van der Waals surface area contributed by atoms with Gasteiger partial charge < -0.3 is 25.6 Å². The van der Waals surface area contributed by atoms with Crippen molar-refractivity contribution in [3.63, 3.8) is 0 Å². The van der Waals surface area contributed by atoms with Gasteiger partial charge in [-0.2, -0.15) is 26.3 Å². The van der Waals surface area contributed by atoms with Crippen molar-refractivity contribution < 1.29 is 59.3 Å². The van der Waals surface area contributed by atoms with Crippen LogP contribution in [0.15, 0.2) is 89.8 Å². The topological polar surface area (TPSA) is 207 Å². The summed E-state index contributed by atoms with van der Waals surface area (Å²) in [5.41, 5.74) is 8.01. The molecule has 0 saturated carbocycles. The van der Waals surface area contributed by atoms with Crippen LogP contribution in [0.4, 0.5) is 26.3 Å². The van der Waals surface area contributed by atoms with E-state index in [1.807, 2.05) is 55.5 Å². The second-order valence-corrected chi connectivity index (χ2v) is 13.0. The number of hydrogen-bond donors (Lipinski definition) is 6. The largest absolute Gasteiger partial charge is 0.490 e. The lowest BCUT2D eigenvalue weighted by Crippen LogP contribution is -2.40. The van der Waals surface area contributed by atoms with Gasteiger partial charge in [0, 0.05) is 37.5 Å². The van der Waals surface area contributed by atoms with E-state index >= 15 is 0 Å². The molecule has 0 bridgehead atoms. The molecule has 1 saturated heterocycles. The number of halogens is 6. The zero-order valence-corrected chi connectivity index (χ0v) is 28.8. The Kier molecular flexibility index (Phi) is 16.0. The summed E-state index contributed by atoms with van der Waals surface area (Å²) in [6, 6.07) is 22.8. The van der Waals surface area contributed by atoms with Crippen molar-refractivity contribution in [2.75, 3.05) is 13.1 Å². The molecule has 12 nitrogen and oxygen atoms in total. The summed E-state index contributed by atoms with van der Waals surface area (Å²) >= 11 is 0. The van der Waals surface area contributed by atoms with Crippen LogP contribution in [0.25, 0.3) is 6.08 Å². The first-order valence-electron chi connectivity index (χ1n) is 15.4. The highest BCUT2D eigenvalue weighted by molar-refractivity contribution is 7.89. The van der Waals surface area contributed by atoms with E-state index in [9.17, 15) is 34.8 Å².